The minimum absolute atomic E-state index is 0. The molecular formula is C23H42ClN. The van der Waals surface area contributed by atoms with E-state index in [1.54, 1.807) is 11.1 Å². The fourth-order valence-electron chi connectivity index (χ4n) is 3.33. The van der Waals surface area contributed by atoms with E-state index in [1.807, 2.05) is 0 Å². The third kappa shape index (κ3) is 11.7. The van der Waals surface area contributed by atoms with E-state index in [1.165, 1.54) is 77.2 Å². The average molecular weight is 368 g/mol. The van der Waals surface area contributed by atoms with Gasteiger partial charge in [0.05, 0.1) is 20.6 Å². The van der Waals surface area contributed by atoms with Crippen LogP contribution in [-0.4, -0.2) is 25.1 Å². The standard InChI is InChI=1S/C23H42N.ClH/c1-5-7-8-9-10-11-12-13-14-15-18-22-19-16-17-20-23(22)21-24(3,4)6-2;/h16-17,19-20H,5-15,18,21H2,1-4H3;1H/q+1;/p-1. The Kier molecular flexibility index (Phi) is 14.3. The highest BCUT2D eigenvalue weighted by Crippen LogP contribution is 2.18. The summed E-state index contributed by atoms with van der Waals surface area (Å²) in [6, 6.07) is 9.09. The first-order valence-electron chi connectivity index (χ1n) is 10.5. The van der Waals surface area contributed by atoms with Crippen LogP contribution in [0.25, 0.3) is 0 Å². The lowest BCUT2D eigenvalue weighted by Crippen LogP contribution is -3.00. The predicted octanol–water partition coefficient (Wildman–Crippen LogP) is 3.75. The maximum Gasteiger partial charge on any atom is 0.104 e. The molecule has 0 atom stereocenters. The van der Waals surface area contributed by atoms with E-state index in [0.717, 1.165) is 11.0 Å². The number of unbranched alkanes of at least 4 members (excludes halogenated alkanes) is 9. The predicted molar refractivity (Wildman–Crippen MR) is 108 cm³/mol. The second-order valence-corrected chi connectivity index (χ2v) is 8.11. The lowest BCUT2D eigenvalue weighted by atomic mass is 9.99. The van der Waals surface area contributed by atoms with Gasteiger partial charge in [0.2, 0.25) is 0 Å². The van der Waals surface area contributed by atoms with Crippen LogP contribution in [-0.2, 0) is 13.0 Å². The average Bonchev–Trinajstić information content (AvgIpc) is 2.57. The molecule has 0 saturated carbocycles. The summed E-state index contributed by atoms with van der Waals surface area (Å²) in [5, 5.41) is 0. The normalized spacial score (nSPS) is 11.4. The Hall–Kier alpha value is -0.530. The molecule has 0 aromatic heterocycles. The van der Waals surface area contributed by atoms with Gasteiger partial charge in [0, 0.05) is 5.56 Å². The zero-order chi connectivity index (χ0) is 17.7. The molecule has 25 heavy (non-hydrogen) atoms. The van der Waals surface area contributed by atoms with Gasteiger partial charge in [-0.15, -0.1) is 0 Å². The molecule has 146 valence electrons. The summed E-state index contributed by atoms with van der Waals surface area (Å²) in [7, 11) is 4.66. The van der Waals surface area contributed by atoms with Crippen molar-refractivity contribution in [2.75, 3.05) is 20.6 Å². The molecule has 1 nitrogen and oxygen atoms in total. The van der Waals surface area contributed by atoms with Crippen molar-refractivity contribution in [2.45, 2.75) is 91.0 Å². The maximum absolute atomic E-state index is 2.35. The summed E-state index contributed by atoms with van der Waals surface area (Å²) >= 11 is 0. The Morgan fingerprint density at radius 1 is 0.680 bits per heavy atom. The van der Waals surface area contributed by atoms with Crippen molar-refractivity contribution < 1.29 is 16.9 Å². The monoisotopic (exact) mass is 367 g/mol. The molecule has 0 aliphatic carbocycles. The van der Waals surface area contributed by atoms with Gasteiger partial charge in [0.1, 0.15) is 6.54 Å². The Bertz CT molecular complexity index is 428. The van der Waals surface area contributed by atoms with Crippen molar-refractivity contribution in [2.24, 2.45) is 0 Å². The van der Waals surface area contributed by atoms with Crippen LogP contribution in [0.5, 0.6) is 0 Å². The summed E-state index contributed by atoms with van der Waals surface area (Å²) in [6.07, 6.45) is 15.4. The zero-order valence-corrected chi connectivity index (χ0v) is 18.1. The van der Waals surface area contributed by atoms with Gasteiger partial charge in [-0.3, -0.25) is 0 Å². The molecule has 2 heteroatoms. The minimum atomic E-state index is 0. The Morgan fingerprint density at radius 3 is 1.68 bits per heavy atom. The van der Waals surface area contributed by atoms with Gasteiger partial charge in [-0.2, -0.15) is 0 Å². The quantitative estimate of drug-likeness (QED) is 0.347. The third-order valence-electron chi connectivity index (χ3n) is 5.37. The number of benzene rings is 1. The first kappa shape index (κ1) is 24.5. The molecule has 0 aliphatic rings. The molecule has 0 amide bonds. The van der Waals surface area contributed by atoms with Crippen LogP contribution in [0.1, 0.15) is 89.2 Å². The third-order valence-corrected chi connectivity index (χ3v) is 5.37. The molecule has 0 unspecified atom stereocenters. The van der Waals surface area contributed by atoms with Crippen LogP contribution in [0.15, 0.2) is 24.3 Å². The maximum atomic E-state index is 2.35. The van der Waals surface area contributed by atoms with Crippen molar-refractivity contribution >= 4 is 0 Å². The fraction of sp³-hybridized carbons (Fsp3) is 0.739. The number of hydrogen-bond acceptors (Lipinski definition) is 0. The molecule has 0 radical (unpaired) electrons. The van der Waals surface area contributed by atoms with Gasteiger partial charge in [-0.25, -0.2) is 0 Å². The SMILES string of the molecule is CCCCCCCCCCCCc1ccccc1C[N+](C)(C)CC.[Cl-]. The Balaban J connectivity index is 0.00000576. The molecular weight excluding hydrogens is 326 g/mol. The number of hydrogen-bond donors (Lipinski definition) is 0. The van der Waals surface area contributed by atoms with Gasteiger partial charge in [0.15, 0.2) is 0 Å². The van der Waals surface area contributed by atoms with E-state index in [0.29, 0.717) is 0 Å². The van der Waals surface area contributed by atoms with E-state index >= 15 is 0 Å². The van der Waals surface area contributed by atoms with E-state index in [2.05, 4.69) is 52.2 Å². The summed E-state index contributed by atoms with van der Waals surface area (Å²) in [5.41, 5.74) is 3.14. The van der Waals surface area contributed by atoms with Gasteiger partial charge >= 0.3 is 0 Å². The van der Waals surface area contributed by atoms with E-state index in [4.69, 9.17) is 0 Å². The van der Waals surface area contributed by atoms with Gasteiger partial charge in [0.25, 0.3) is 0 Å². The number of nitrogens with zero attached hydrogens (tertiary/aromatic N) is 1. The highest BCUT2D eigenvalue weighted by atomic mass is 35.5. The summed E-state index contributed by atoms with van der Waals surface area (Å²) in [4.78, 5) is 0. The number of quaternary nitrogens is 1. The highest BCUT2D eigenvalue weighted by Gasteiger charge is 2.14. The summed E-state index contributed by atoms with van der Waals surface area (Å²) in [5.74, 6) is 0. The molecule has 0 spiro atoms. The smallest absolute Gasteiger partial charge is 0.104 e. The van der Waals surface area contributed by atoms with Gasteiger partial charge in [-0.1, -0.05) is 89.0 Å². The summed E-state index contributed by atoms with van der Waals surface area (Å²) in [6.45, 7) is 6.92. The lowest BCUT2D eigenvalue weighted by molar-refractivity contribution is -0.901. The van der Waals surface area contributed by atoms with E-state index in [9.17, 15) is 0 Å². The van der Waals surface area contributed by atoms with Gasteiger partial charge in [-0.05, 0) is 25.3 Å². The number of rotatable bonds is 14. The van der Waals surface area contributed by atoms with Crippen molar-refractivity contribution in [3.05, 3.63) is 35.4 Å². The number of halogens is 1. The van der Waals surface area contributed by atoms with Crippen molar-refractivity contribution in [3.8, 4) is 0 Å². The molecule has 0 bridgehead atoms. The topological polar surface area (TPSA) is 0 Å². The first-order valence-corrected chi connectivity index (χ1v) is 10.5. The fourth-order valence-corrected chi connectivity index (χ4v) is 3.33. The first-order chi connectivity index (χ1) is 11.6. The largest absolute Gasteiger partial charge is 1.00 e. The zero-order valence-electron chi connectivity index (χ0n) is 17.3. The molecule has 1 aromatic carbocycles. The number of aryl methyl sites for hydroxylation is 1. The van der Waals surface area contributed by atoms with Crippen molar-refractivity contribution in [1.29, 1.82) is 0 Å². The van der Waals surface area contributed by atoms with Crippen LogP contribution in [0.4, 0.5) is 0 Å². The minimum Gasteiger partial charge on any atom is -1.00 e. The van der Waals surface area contributed by atoms with E-state index in [-0.39, 0.29) is 12.4 Å². The molecule has 0 saturated heterocycles. The second-order valence-electron chi connectivity index (χ2n) is 8.11. The lowest BCUT2D eigenvalue weighted by Gasteiger charge is -2.29. The molecule has 1 aromatic rings. The van der Waals surface area contributed by atoms with Crippen LogP contribution >= 0.6 is 0 Å². The van der Waals surface area contributed by atoms with Gasteiger partial charge < -0.3 is 16.9 Å². The van der Waals surface area contributed by atoms with E-state index < -0.39 is 0 Å². The van der Waals surface area contributed by atoms with Crippen LogP contribution < -0.4 is 12.4 Å². The molecule has 0 aliphatic heterocycles. The molecule has 0 N–H and O–H groups in total. The Morgan fingerprint density at radius 2 is 1.16 bits per heavy atom. The van der Waals surface area contributed by atoms with Crippen molar-refractivity contribution in [3.63, 3.8) is 0 Å². The van der Waals surface area contributed by atoms with Crippen LogP contribution in [0.3, 0.4) is 0 Å². The van der Waals surface area contributed by atoms with Crippen LogP contribution in [0, 0.1) is 0 Å². The molecule has 0 fully saturated rings. The van der Waals surface area contributed by atoms with Crippen molar-refractivity contribution in [1.82, 2.24) is 0 Å². The summed E-state index contributed by atoms with van der Waals surface area (Å²) < 4.78 is 1.08. The second kappa shape index (κ2) is 14.6. The molecule has 1 rings (SSSR count). The van der Waals surface area contributed by atoms with Crippen LogP contribution in [0.2, 0.25) is 0 Å². The molecule has 0 heterocycles. The Labute approximate surface area is 164 Å². The highest BCUT2D eigenvalue weighted by molar-refractivity contribution is 5.26.